The van der Waals surface area contributed by atoms with Gasteiger partial charge in [-0.2, -0.15) is 0 Å². The lowest BCUT2D eigenvalue weighted by Crippen LogP contribution is -2.53. The molecule has 0 aliphatic carbocycles. The summed E-state index contributed by atoms with van der Waals surface area (Å²) < 4.78 is 1.61. The highest BCUT2D eigenvalue weighted by Crippen LogP contribution is 2.29. The second-order valence-electron chi connectivity index (χ2n) is 6.07. The van der Waals surface area contributed by atoms with Gasteiger partial charge in [0.25, 0.3) is 0 Å². The first-order chi connectivity index (χ1) is 10.3. The van der Waals surface area contributed by atoms with Gasteiger partial charge in [0.15, 0.2) is 0 Å². The van der Waals surface area contributed by atoms with Gasteiger partial charge >= 0.3 is 5.69 Å². The van der Waals surface area contributed by atoms with E-state index in [9.17, 15) is 4.79 Å². The van der Waals surface area contributed by atoms with Gasteiger partial charge in [-0.05, 0) is 56.1 Å². The molecule has 3 saturated heterocycles. The van der Waals surface area contributed by atoms with Crippen molar-refractivity contribution in [3.05, 3.63) is 47.1 Å². The van der Waals surface area contributed by atoms with Crippen molar-refractivity contribution in [2.24, 2.45) is 5.92 Å². The Morgan fingerprint density at radius 3 is 2.48 bits per heavy atom. The van der Waals surface area contributed by atoms with Crippen LogP contribution in [0.15, 0.2) is 41.5 Å². The van der Waals surface area contributed by atoms with E-state index in [0.29, 0.717) is 6.04 Å². The predicted octanol–water partition coefficient (Wildman–Crippen LogP) is 1.67. The van der Waals surface area contributed by atoms with Gasteiger partial charge in [0.05, 0.1) is 5.69 Å². The molecule has 0 saturated carbocycles. The zero-order valence-electron chi connectivity index (χ0n) is 12.0. The highest BCUT2D eigenvalue weighted by molar-refractivity contribution is 5.49. The number of aromatic nitrogens is 2. The van der Waals surface area contributed by atoms with E-state index in [4.69, 9.17) is 0 Å². The fraction of sp³-hybridized carbons (Fsp3) is 0.438. The number of benzene rings is 1. The third-order valence-corrected chi connectivity index (χ3v) is 4.80. The lowest BCUT2D eigenvalue weighted by molar-refractivity contribution is 0.0975. The lowest BCUT2D eigenvalue weighted by Gasteiger charge is -2.45. The van der Waals surface area contributed by atoms with E-state index < -0.39 is 0 Å². The molecule has 1 aromatic carbocycles. The zero-order valence-corrected chi connectivity index (χ0v) is 12.0. The Bertz CT molecular complexity index is 664. The number of imidazole rings is 1. The van der Waals surface area contributed by atoms with Crippen molar-refractivity contribution in [3.63, 3.8) is 0 Å². The minimum absolute atomic E-state index is 0.104. The summed E-state index contributed by atoms with van der Waals surface area (Å²) in [5, 5.41) is 3.66. The molecule has 2 N–H and O–H groups in total. The number of rotatable bonds is 3. The molecule has 5 heteroatoms. The first-order valence-corrected chi connectivity index (χ1v) is 7.65. The molecule has 21 heavy (non-hydrogen) atoms. The Morgan fingerprint density at radius 1 is 1.14 bits per heavy atom. The molecule has 3 aliphatic rings. The normalized spacial score (nSPS) is 27.7. The fourth-order valence-corrected chi connectivity index (χ4v) is 3.58. The van der Waals surface area contributed by atoms with Gasteiger partial charge in [0.1, 0.15) is 0 Å². The van der Waals surface area contributed by atoms with Gasteiger partial charge < -0.3 is 15.2 Å². The van der Waals surface area contributed by atoms with E-state index in [1.165, 1.54) is 25.9 Å². The fourth-order valence-electron chi connectivity index (χ4n) is 3.58. The molecule has 3 fully saturated rings. The number of H-pyrrole nitrogens is 1. The van der Waals surface area contributed by atoms with Crippen LogP contribution in [0.1, 0.15) is 12.8 Å². The van der Waals surface area contributed by atoms with Crippen LogP contribution in [0, 0.1) is 5.92 Å². The average molecular weight is 284 g/mol. The largest absolute Gasteiger partial charge is 0.381 e. The first kappa shape index (κ1) is 12.7. The van der Waals surface area contributed by atoms with Crippen molar-refractivity contribution in [1.29, 1.82) is 0 Å². The molecule has 0 spiro atoms. The summed E-state index contributed by atoms with van der Waals surface area (Å²) in [6.07, 6.45) is 6.03. The second-order valence-corrected chi connectivity index (χ2v) is 6.07. The van der Waals surface area contributed by atoms with Crippen molar-refractivity contribution in [2.45, 2.75) is 18.9 Å². The molecular weight excluding hydrogens is 264 g/mol. The van der Waals surface area contributed by atoms with Crippen LogP contribution < -0.4 is 11.0 Å². The third-order valence-electron chi connectivity index (χ3n) is 4.80. The SMILES string of the molecule is O=c1[nH]ccn1-c1ccc(NC2CN3CCC2CC3)cc1. The molecule has 2 aromatic rings. The van der Waals surface area contributed by atoms with Crippen LogP contribution >= 0.6 is 0 Å². The molecule has 0 radical (unpaired) electrons. The Kier molecular flexibility index (Phi) is 3.07. The van der Waals surface area contributed by atoms with E-state index in [1.54, 1.807) is 17.0 Å². The molecule has 5 nitrogen and oxygen atoms in total. The summed E-state index contributed by atoms with van der Waals surface area (Å²) in [4.78, 5) is 16.8. The van der Waals surface area contributed by atoms with Crippen molar-refractivity contribution in [3.8, 4) is 5.69 Å². The molecule has 1 unspecified atom stereocenters. The Morgan fingerprint density at radius 2 is 1.90 bits per heavy atom. The van der Waals surface area contributed by atoms with Gasteiger partial charge in [-0.3, -0.25) is 4.57 Å². The maximum atomic E-state index is 11.6. The predicted molar refractivity (Wildman–Crippen MR) is 83.0 cm³/mol. The Balaban J connectivity index is 1.49. The molecule has 2 bridgehead atoms. The van der Waals surface area contributed by atoms with Gasteiger partial charge in [0.2, 0.25) is 0 Å². The van der Waals surface area contributed by atoms with Crippen molar-refractivity contribution in [2.75, 3.05) is 25.0 Å². The Hall–Kier alpha value is -2.01. The van der Waals surface area contributed by atoms with Gasteiger partial charge in [-0.1, -0.05) is 0 Å². The number of nitrogens with zero attached hydrogens (tertiary/aromatic N) is 2. The van der Waals surface area contributed by atoms with E-state index in [1.807, 2.05) is 12.1 Å². The van der Waals surface area contributed by atoms with Crippen molar-refractivity contribution in [1.82, 2.24) is 14.5 Å². The van der Waals surface area contributed by atoms with Crippen molar-refractivity contribution < 1.29 is 0 Å². The molecule has 1 aromatic heterocycles. The first-order valence-electron chi connectivity index (χ1n) is 7.65. The number of aromatic amines is 1. The number of piperidine rings is 3. The summed E-state index contributed by atoms with van der Waals surface area (Å²) in [5.74, 6) is 0.807. The highest BCUT2D eigenvalue weighted by atomic mass is 16.1. The molecule has 0 amide bonds. The van der Waals surface area contributed by atoms with Crippen LogP contribution in [0.5, 0.6) is 0 Å². The molecule has 5 rings (SSSR count). The smallest absolute Gasteiger partial charge is 0.330 e. The van der Waals surface area contributed by atoms with Crippen LogP contribution in [0.3, 0.4) is 0 Å². The highest BCUT2D eigenvalue weighted by Gasteiger charge is 2.33. The van der Waals surface area contributed by atoms with Crippen LogP contribution in [0.2, 0.25) is 0 Å². The second kappa shape index (κ2) is 5.07. The monoisotopic (exact) mass is 284 g/mol. The number of nitrogens with one attached hydrogen (secondary N) is 2. The number of fused-ring (bicyclic) bond motifs is 3. The number of hydrogen-bond donors (Lipinski definition) is 2. The topological polar surface area (TPSA) is 53.1 Å². The zero-order chi connectivity index (χ0) is 14.2. The molecule has 4 heterocycles. The van der Waals surface area contributed by atoms with Crippen LogP contribution in [-0.2, 0) is 0 Å². The maximum absolute atomic E-state index is 11.6. The third kappa shape index (κ3) is 2.38. The molecule has 1 atom stereocenters. The van der Waals surface area contributed by atoms with Gasteiger partial charge in [0, 0.05) is 30.7 Å². The summed E-state index contributed by atoms with van der Waals surface area (Å²) in [5.41, 5.74) is 1.93. The van der Waals surface area contributed by atoms with E-state index in [-0.39, 0.29) is 5.69 Å². The summed E-state index contributed by atoms with van der Waals surface area (Å²) in [6.45, 7) is 3.68. The lowest BCUT2D eigenvalue weighted by atomic mass is 9.84. The van der Waals surface area contributed by atoms with E-state index in [0.717, 1.165) is 23.8 Å². The molecule has 3 aliphatic heterocycles. The minimum atomic E-state index is -0.104. The van der Waals surface area contributed by atoms with Crippen molar-refractivity contribution >= 4 is 5.69 Å². The summed E-state index contributed by atoms with van der Waals surface area (Å²) in [6, 6.07) is 8.66. The van der Waals surface area contributed by atoms with Gasteiger partial charge in [-0.25, -0.2) is 4.79 Å². The van der Waals surface area contributed by atoms with Crippen LogP contribution in [0.4, 0.5) is 5.69 Å². The van der Waals surface area contributed by atoms with Crippen LogP contribution in [0.25, 0.3) is 5.69 Å². The standard InChI is InChI=1S/C16H20N4O/c21-16-17-7-10-20(16)14-3-1-13(2-4-14)18-15-11-19-8-5-12(15)6-9-19/h1-4,7,10,12,15,18H,5-6,8-9,11H2,(H,17,21). The van der Waals surface area contributed by atoms with Gasteiger partial charge in [-0.15, -0.1) is 0 Å². The summed E-state index contributed by atoms with van der Waals surface area (Å²) >= 11 is 0. The minimum Gasteiger partial charge on any atom is -0.381 e. The number of anilines is 1. The maximum Gasteiger partial charge on any atom is 0.330 e. The number of hydrogen-bond acceptors (Lipinski definition) is 3. The van der Waals surface area contributed by atoms with Crippen LogP contribution in [-0.4, -0.2) is 40.1 Å². The molecule has 110 valence electrons. The van der Waals surface area contributed by atoms with E-state index >= 15 is 0 Å². The van der Waals surface area contributed by atoms with E-state index in [2.05, 4.69) is 27.3 Å². The quantitative estimate of drug-likeness (QED) is 0.901. The Labute approximate surface area is 123 Å². The average Bonchev–Trinajstić information content (AvgIpc) is 2.95. The summed E-state index contributed by atoms with van der Waals surface area (Å²) in [7, 11) is 0. The molecular formula is C16H20N4O.